The molecule has 2 aromatic carbocycles. The molecule has 10 nitrogen and oxygen atoms in total. The molecule has 3 aromatic rings. The van der Waals surface area contributed by atoms with Crippen LogP contribution < -0.4 is 21.4 Å². The van der Waals surface area contributed by atoms with Gasteiger partial charge in [-0.05, 0) is 67.4 Å². The molecular formula is C26H24N6O4. The van der Waals surface area contributed by atoms with Crippen LogP contribution in [0.1, 0.15) is 21.5 Å². The van der Waals surface area contributed by atoms with Crippen molar-refractivity contribution in [3.8, 4) is 11.8 Å². The Hall–Kier alpha value is -5.01. The summed E-state index contributed by atoms with van der Waals surface area (Å²) in [7, 11) is 0. The number of hydrogen-bond acceptors (Lipinski definition) is 7. The topological polar surface area (TPSA) is 145 Å². The van der Waals surface area contributed by atoms with E-state index < -0.39 is 17.9 Å². The second kappa shape index (κ2) is 13.0. The number of carbonyl (C=O) groups excluding carboxylic acids is 3. The molecule has 1 heterocycles. The van der Waals surface area contributed by atoms with Gasteiger partial charge in [0.1, 0.15) is 11.9 Å². The van der Waals surface area contributed by atoms with E-state index in [2.05, 4.69) is 44.5 Å². The van der Waals surface area contributed by atoms with Gasteiger partial charge in [0.15, 0.2) is 0 Å². The number of aromatic nitrogens is 1. The van der Waals surface area contributed by atoms with Crippen LogP contribution in [0.3, 0.4) is 0 Å². The van der Waals surface area contributed by atoms with Gasteiger partial charge >= 0.3 is 0 Å². The van der Waals surface area contributed by atoms with Crippen LogP contribution in [0.2, 0.25) is 0 Å². The van der Waals surface area contributed by atoms with Crippen molar-refractivity contribution in [1.82, 2.24) is 15.8 Å². The Morgan fingerprint density at radius 2 is 1.64 bits per heavy atom. The lowest BCUT2D eigenvalue weighted by molar-refractivity contribution is -0.130. The van der Waals surface area contributed by atoms with Crippen LogP contribution in [0, 0.1) is 11.8 Å². The van der Waals surface area contributed by atoms with Crippen molar-refractivity contribution >= 4 is 35.9 Å². The zero-order valence-electron chi connectivity index (χ0n) is 19.2. The van der Waals surface area contributed by atoms with E-state index >= 15 is 0 Å². The molecule has 1 atom stereocenters. The van der Waals surface area contributed by atoms with Crippen molar-refractivity contribution in [1.29, 1.82) is 0 Å². The largest absolute Gasteiger partial charge is 0.361 e. The number of amides is 3. The maximum atomic E-state index is 12.4. The lowest BCUT2D eigenvalue weighted by atomic mass is 10.1. The van der Waals surface area contributed by atoms with Crippen molar-refractivity contribution in [3.63, 3.8) is 0 Å². The van der Waals surface area contributed by atoms with Crippen LogP contribution in [0.5, 0.6) is 0 Å². The summed E-state index contributed by atoms with van der Waals surface area (Å²) >= 11 is 0. The fraction of sp³-hybridized carbons (Fsp3) is 0.115. The number of nitrogens with one attached hydrogen (secondary N) is 4. The van der Waals surface area contributed by atoms with Crippen molar-refractivity contribution in [2.75, 3.05) is 23.7 Å². The lowest BCUT2D eigenvalue weighted by Crippen LogP contribution is -2.47. The minimum absolute atomic E-state index is 0.0772. The monoisotopic (exact) mass is 484 g/mol. The quantitative estimate of drug-likeness (QED) is 0.136. The van der Waals surface area contributed by atoms with Crippen molar-refractivity contribution in [2.45, 2.75) is 6.04 Å². The zero-order valence-corrected chi connectivity index (χ0v) is 19.2. The van der Waals surface area contributed by atoms with E-state index in [9.17, 15) is 14.4 Å². The number of carbonyl (C=O) groups is 3. The summed E-state index contributed by atoms with van der Waals surface area (Å²) in [6.07, 6.45) is 1.64. The van der Waals surface area contributed by atoms with Gasteiger partial charge in [0.25, 0.3) is 11.8 Å². The van der Waals surface area contributed by atoms with Crippen molar-refractivity contribution < 1.29 is 19.6 Å². The first-order valence-corrected chi connectivity index (χ1v) is 10.8. The highest BCUT2D eigenvalue weighted by Gasteiger charge is 2.20. The highest BCUT2D eigenvalue weighted by atomic mass is 16.5. The third kappa shape index (κ3) is 7.79. The number of pyridine rings is 1. The van der Waals surface area contributed by atoms with Crippen LogP contribution in [0.15, 0.2) is 77.9 Å². The van der Waals surface area contributed by atoms with E-state index in [-0.39, 0.29) is 19.0 Å². The molecule has 3 rings (SSSR count). The Labute approximate surface area is 207 Å². The molecule has 0 saturated carbocycles. The van der Waals surface area contributed by atoms with E-state index in [0.29, 0.717) is 22.6 Å². The van der Waals surface area contributed by atoms with Crippen LogP contribution >= 0.6 is 0 Å². The minimum atomic E-state index is -1.04. The Bertz CT molecular complexity index is 1270. The number of benzene rings is 2. The summed E-state index contributed by atoms with van der Waals surface area (Å²) in [5, 5.41) is 17.0. The molecule has 182 valence electrons. The lowest BCUT2D eigenvalue weighted by Gasteiger charge is -2.14. The van der Waals surface area contributed by atoms with Gasteiger partial charge in [0.05, 0.1) is 13.1 Å². The van der Waals surface area contributed by atoms with E-state index in [0.717, 1.165) is 5.56 Å². The van der Waals surface area contributed by atoms with Crippen molar-refractivity contribution in [3.05, 3.63) is 89.6 Å². The molecule has 0 radical (unpaired) electrons. The van der Waals surface area contributed by atoms with Gasteiger partial charge in [-0.3, -0.25) is 24.6 Å². The minimum Gasteiger partial charge on any atom is -0.361 e. The smallest absolute Gasteiger partial charge is 0.267 e. The van der Waals surface area contributed by atoms with Crippen LogP contribution in [-0.2, 0) is 9.59 Å². The molecule has 3 amide bonds. The standard InChI is InChI=1S/C26H24N6O4/c1-27-16-22(26(35)32-36)31-25(34)20-11-7-18(8-12-20)5-6-19-9-13-21(14-10-19)30-24(33)17-29-23-4-2-3-15-28-23/h2-4,7-15,22,36H,1,16-17H2,(H,28,29)(H,30,33)(H,31,34)(H,32,35)/t22-/m0/s1. The number of nitrogens with zero attached hydrogens (tertiary/aromatic N) is 2. The molecular weight excluding hydrogens is 460 g/mol. The molecule has 0 spiro atoms. The van der Waals surface area contributed by atoms with Gasteiger partial charge in [-0.1, -0.05) is 17.9 Å². The molecule has 1 aromatic heterocycles. The molecule has 36 heavy (non-hydrogen) atoms. The highest BCUT2D eigenvalue weighted by molar-refractivity contribution is 5.97. The summed E-state index contributed by atoms with van der Waals surface area (Å²) in [5.74, 6) is 5.16. The predicted molar refractivity (Wildman–Crippen MR) is 136 cm³/mol. The molecule has 10 heteroatoms. The summed E-state index contributed by atoms with van der Waals surface area (Å²) in [6.45, 7) is 3.30. The molecule has 0 fully saturated rings. The molecule has 0 aliphatic rings. The fourth-order valence-corrected chi connectivity index (χ4v) is 2.97. The average molecular weight is 485 g/mol. The molecule has 0 aliphatic heterocycles. The zero-order chi connectivity index (χ0) is 25.8. The first-order chi connectivity index (χ1) is 17.5. The summed E-state index contributed by atoms with van der Waals surface area (Å²) in [6, 6.07) is 18.0. The number of hydroxylamine groups is 1. The molecule has 5 N–H and O–H groups in total. The maximum Gasteiger partial charge on any atom is 0.267 e. The summed E-state index contributed by atoms with van der Waals surface area (Å²) in [5.41, 5.74) is 3.88. The fourth-order valence-electron chi connectivity index (χ4n) is 2.97. The number of hydrogen-bond donors (Lipinski definition) is 5. The number of rotatable bonds is 9. The van der Waals surface area contributed by atoms with Crippen molar-refractivity contribution in [2.24, 2.45) is 4.99 Å². The van der Waals surface area contributed by atoms with Gasteiger partial charge in [-0.25, -0.2) is 10.5 Å². The van der Waals surface area contributed by atoms with Gasteiger partial charge < -0.3 is 16.0 Å². The average Bonchev–Trinajstić information content (AvgIpc) is 2.91. The van der Waals surface area contributed by atoms with Crippen LogP contribution in [0.25, 0.3) is 0 Å². The van der Waals surface area contributed by atoms with Gasteiger partial charge in [-0.15, -0.1) is 0 Å². The van der Waals surface area contributed by atoms with Crippen LogP contribution in [-0.4, -0.2) is 53.8 Å². The SMILES string of the molecule is C=NC[C@H](NC(=O)c1ccc(C#Cc2ccc(NC(=O)CNc3ccccn3)cc2)cc1)C(=O)NO. The van der Waals surface area contributed by atoms with Gasteiger partial charge in [-0.2, -0.15) is 0 Å². The second-order valence-corrected chi connectivity index (χ2v) is 7.43. The molecule has 0 unspecified atom stereocenters. The number of anilines is 2. The molecule has 0 bridgehead atoms. The van der Waals surface area contributed by atoms with Gasteiger partial charge in [0.2, 0.25) is 5.91 Å². The molecule has 0 aliphatic carbocycles. The Morgan fingerprint density at radius 1 is 0.972 bits per heavy atom. The predicted octanol–water partition coefficient (Wildman–Crippen LogP) is 1.84. The third-order valence-electron chi connectivity index (χ3n) is 4.81. The van der Waals surface area contributed by atoms with E-state index in [1.54, 1.807) is 66.9 Å². The highest BCUT2D eigenvalue weighted by Crippen LogP contribution is 2.10. The Kier molecular flexibility index (Phi) is 9.27. The van der Waals surface area contributed by atoms with E-state index in [1.165, 1.54) is 5.48 Å². The number of aliphatic imine (C=N–C) groups is 1. The first-order valence-electron chi connectivity index (χ1n) is 10.8. The van der Waals surface area contributed by atoms with Gasteiger partial charge in [0, 0.05) is 28.6 Å². The Balaban J connectivity index is 1.53. The summed E-state index contributed by atoms with van der Waals surface area (Å²) in [4.78, 5) is 43.7. The first kappa shape index (κ1) is 25.6. The third-order valence-corrected chi connectivity index (χ3v) is 4.81. The maximum absolute atomic E-state index is 12.4. The van der Waals surface area contributed by atoms with Crippen LogP contribution in [0.4, 0.5) is 11.5 Å². The van der Waals surface area contributed by atoms with E-state index in [1.807, 2.05) is 6.07 Å². The normalized spacial score (nSPS) is 10.7. The Morgan fingerprint density at radius 3 is 2.22 bits per heavy atom. The molecule has 0 saturated heterocycles. The summed E-state index contributed by atoms with van der Waals surface area (Å²) < 4.78 is 0. The second-order valence-electron chi connectivity index (χ2n) is 7.43. The van der Waals surface area contributed by atoms with E-state index in [4.69, 9.17) is 5.21 Å².